The number of anilines is 2. The number of rotatable bonds is 8. The van der Waals surface area contributed by atoms with Crippen LogP contribution in [-0.4, -0.2) is 39.9 Å². The first-order valence-electron chi connectivity index (χ1n) is 9.43. The molecule has 0 saturated heterocycles. The third-order valence-corrected chi connectivity index (χ3v) is 5.01. The zero-order chi connectivity index (χ0) is 22.2. The van der Waals surface area contributed by atoms with E-state index >= 15 is 0 Å². The number of benzene rings is 2. The van der Waals surface area contributed by atoms with Gasteiger partial charge in [-0.15, -0.1) is 10.2 Å². The SMILES string of the molecule is CCC(=O)Nc1ccccc1-c1nnc(SCC(=O)Nc2cccc(OC)c2)[nH]c1=O. The molecule has 0 radical (unpaired) electrons. The van der Waals surface area contributed by atoms with Crippen molar-refractivity contribution in [3.8, 4) is 17.0 Å². The molecular formula is C21H21N5O4S. The highest BCUT2D eigenvalue weighted by Crippen LogP contribution is 2.24. The maximum atomic E-state index is 12.6. The zero-order valence-electron chi connectivity index (χ0n) is 17.0. The van der Waals surface area contributed by atoms with Gasteiger partial charge in [-0.2, -0.15) is 0 Å². The summed E-state index contributed by atoms with van der Waals surface area (Å²) < 4.78 is 5.12. The standard InChI is InChI=1S/C21H21N5O4S/c1-3-17(27)23-16-10-5-4-9-15(16)19-20(29)24-21(26-25-19)31-12-18(28)22-13-7-6-8-14(11-13)30-2/h4-11H,3,12H2,1-2H3,(H,22,28)(H,23,27)(H,24,26,29). The summed E-state index contributed by atoms with van der Waals surface area (Å²) in [5.74, 6) is 0.222. The van der Waals surface area contributed by atoms with Crippen molar-refractivity contribution in [2.75, 3.05) is 23.5 Å². The third-order valence-electron chi connectivity index (χ3n) is 4.15. The van der Waals surface area contributed by atoms with Crippen LogP contribution < -0.4 is 20.9 Å². The minimum Gasteiger partial charge on any atom is -0.497 e. The normalized spacial score (nSPS) is 10.4. The molecule has 0 aliphatic rings. The van der Waals surface area contributed by atoms with E-state index in [1.165, 1.54) is 0 Å². The van der Waals surface area contributed by atoms with Crippen LogP contribution >= 0.6 is 11.8 Å². The molecule has 9 nitrogen and oxygen atoms in total. The van der Waals surface area contributed by atoms with Crippen molar-refractivity contribution in [1.82, 2.24) is 15.2 Å². The molecule has 1 heterocycles. The number of amides is 2. The Hall–Kier alpha value is -3.66. The predicted octanol–water partition coefficient (Wildman–Crippen LogP) is 2.92. The van der Waals surface area contributed by atoms with Crippen molar-refractivity contribution in [2.24, 2.45) is 0 Å². The Morgan fingerprint density at radius 1 is 1.06 bits per heavy atom. The number of hydrogen-bond donors (Lipinski definition) is 3. The largest absolute Gasteiger partial charge is 0.497 e. The van der Waals surface area contributed by atoms with E-state index in [0.29, 0.717) is 29.1 Å². The lowest BCUT2D eigenvalue weighted by molar-refractivity contribution is -0.116. The third kappa shape index (κ3) is 5.92. The Bertz CT molecular complexity index is 1150. The van der Waals surface area contributed by atoms with E-state index in [1.807, 2.05) is 0 Å². The molecule has 160 valence electrons. The number of H-pyrrole nitrogens is 1. The van der Waals surface area contributed by atoms with E-state index in [4.69, 9.17) is 4.74 Å². The lowest BCUT2D eigenvalue weighted by atomic mass is 10.1. The maximum absolute atomic E-state index is 12.6. The molecule has 0 unspecified atom stereocenters. The Morgan fingerprint density at radius 3 is 2.61 bits per heavy atom. The molecule has 0 saturated carbocycles. The number of nitrogens with one attached hydrogen (secondary N) is 3. The van der Waals surface area contributed by atoms with Gasteiger partial charge in [0.15, 0.2) is 10.9 Å². The predicted molar refractivity (Wildman–Crippen MR) is 119 cm³/mol. The molecule has 3 rings (SSSR count). The number of thioether (sulfide) groups is 1. The molecular weight excluding hydrogens is 418 g/mol. The highest BCUT2D eigenvalue weighted by Gasteiger charge is 2.14. The number of nitrogens with zero attached hydrogens (tertiary/aromatic N) is 2. The number of carbonyl (C=O) groups excluding carboxylic acids is 2. The minimum absolute atomic E-state index is 0.0321. The topological polar surface area (TPSA) is 126 Å². The van der Waals surface area contributed by atoms with E-state index in [2.05, 4.69) is 25.8 Å². The number of carbonyl (C=O) groups is 2. The molecule has 0 aliphatic heterocycles. The van der Waals surface area contributed by atoms with Crippen LogP contribution in [0.15, 0.2) is 58.5 Å². The van der Waals surface area contributed by atoms with Crippen LogP contribution in [-0.2, 0) is 9.59 Å². The molecule has 2 aromatic carbocycles. The van der Waals surface area contributed by atoms with E-state index in [9.17, 15) is 14.4 Å². The van der Waals surface area contributed by atoms with E-state index in [-0.39, 0.29) is 28.4 Å². The summed E-state index contributed by atoms with van der Waals surface area (Å²) >= 11 is 1.05. The lowest BCUT2D eigenvalue weighted by Crippen LogP contribution is -2.18. The number of ether oxygens (including phenoxy) is 1. The fourth-order valence-electron chi connectivity index (χ4n) is 2.63. The van der Waals surface area contributed by atoms with Crippen LogP contribution in [0.4, 0.5) is 11.4 Å². The molecule has 2 amide bonds. The fourth-order valence-corrected chi connectivity index (χ4v) is 3.24. The van der Waals surface area contributed by atoms with Gasteiger partial charge in [-0.25, -0.2) is 0 Å². The van der Waals surface area contributed by atoms with Gasteiger partial charge in [0, 0.05) is 23.7 Å². The summed E-state index contributed by atoms with van der Waals surface area (Å²) in [5.41, 5.74) is 1.16. The van der Waals surface area contributed by atoms with Gasteiger partial charge in [0.2, 0.25) is 11.8 Å². The van der Waals surface area contributed by atoms with Gasteiger partial charge < -0.3 is 15.4 Å². The van der Waals surface area contributed by atoms with E-state index < -0.39 is 5.56 Å². The lowest BCUT2D eigenvalue weighted by Gasteiger charge is -2.09. The summed E-state index contributed by atoms with van der Waals surface area (Å²) in [7, 11) is 1.55. The van der Waals surface area contributed by atoms with Crippen molar-refractivity contribution >= 4 is 35.0 Å². The van der Waals surface area contributed by atoms with Crippen molar-refractivity contribution in [3.05, 3.63) is 58.9 Å². The van der Waals surface area contributed by atoms with Crippen molar-refractivity contribution < 1.29 is 14.3 Å². The van der Waals surface area contributed by atoms with Crippen LogP contribution in [0, 0.1) is 0 Å². The quantitative estimate of drug-likeness (QED) is 0.461. The Kier molecular flexibility index (Phi) is 7.39. The second-order valence-electron chi connectivity index (χ2n) is 6.32. The molecule has 3 aromatic rings. The Labute approximate surface area is 182 Å². The van der Waals surface area contributed by atoms with Gasteiger partial charge in [-0.1, -0.05) is 43.0 Å². The molecule has 3 N–H and O–H groups in total. The molecule has 0 atom stereocenters. The summed E-state index contributed by atoms with van der Waals surface area (Å²) in [4.78, 5) is 39.1. The number of aromatic amines is 1. The van der Waals surface area contributed by atoms with Gasteiger partial charge in [0.25, 0.3) is 5.56 Å². The number of methoxy groups -OCH3 is 1. The number of aromatic nitrogens is 3. The van der Waals surface area contributed by atoms with Gasteiger partial charge in [0.05, 0.1) is 18.6 Å². The monoisotopic (exact) mass is 439 g/mol. The highest BCUT2D eigenvalue weighted by atomic mass is 32.2. The molecule has 0 fully saturated rings. The van der Waals surface area contributed by atoms with Gasteiger partial charge in [-0.3, -0.25) is 19.4 Å². The summed E-state index contributed by atoms with van der Waals surface area (Å²) in [6, 6.07) is 13.9. The van der Waals surface area contributed by atoms with E-state index in [1.54, 1.807) is 62.6 Å². The van der Waals surface area contributed by atoms with Crippen LogP contribution in [0.2, 0.25) is 0 Å². The van der Waals surface area contributed by atoms with Crippen LogP contribution in [0.1, 0.15) is 13.3 Å². The molecule has 10 heteroatoms. The number of hydrogen-bond acceptors (Lipinski definition) is 7. The van der Waals surface area contributed by atoms with Gasteiger partial charge in [0.1, 0.15) is 5.75 Å². The molecule has 0 bridgehead atoms. The van der Waals surface area contributed by atoms with Crippen molar-refractivity contribution in [1.29, 1.82) is 0 Å². The molecule has 1 aromatic heterocycles. The Balaban J connectivity index is 1.68. The first-order chi connectivity index (χ1) is 15.0. The second kappa shape index (κ2) is 10.4. The first kappa shape index (κ1) is 22.0. The number of para-hydroxylation sites is 1. The molecule has 0 spiro atoms. The van der Waals surface area contributed by atoms with E-state index in [0.717, 1.165) is 11.8 Å². The van der Waals surface area contributed by atoms with Crippen molar-refractivity contribution in [3.63, 3.8) is 0 Å². The van der Waals surface area contributed by atoms with Crippen LogP contribution in [0.5, 0.6) is 5.75 Å². The molecule has 31 heavy (non-hydrogen) atoms. The summed E-state index contributed by atoms with van der Waals surface area (Å²) in [6.07, 6.45) is 0.309. The average molecular weight is 439 g/mol. The van der Waals surface area contributed by atoms with Gasteiger partial charge in [-0.05, 0) is 18.2 Å². The summed E-state index contributed by atoms with van der Waals surface area (Å²) in [6.45, 7) is 1.74. The Morgan fingerprint density at radius 2 is 1.87 bits per heavy atom. The van der Waals surface area contributed by atoms with Crippen LogP contribution in [0.25, 0.3) is 11.3 Å². The van der Waals surface area contributed by atoms with Crippen LogP contribution in [0.3, 0.4) is 0 Å². The first-order valence-corrected chi connectivity index (χ1v) is 10.4. The van der Waals surface area contributed by atoms with Gasteiger partial charge >= 0.3 is 0 Å². The molecule has 0 aliphatic carbocycles. The fraction of sp³-hybridized carbons (Fsp3) is 0.190. The summed E-state index contributed by atoms with van der Waals surface area (Å²) in [5, 5.41) is 13.7. The maximum Gasteiger partial charge on any atom is 0.278 e. The van der Waals surface area contributed by atoms with Crippen molar-refractivity contribution in [2.45, 2.75) is 18.5 Å². The highest BCUT2D eigenvalue weighted by molar-refractivity contribution is 7.99. The smallest absolute Gasteiger partial charge is 0.278 e. The zero-order valence-corrected chi connectivity index (χ0v) is 17.8. The second-order valence-corrected chi connectivity index (χ2v) is 7.29. The minimum atomic E-state index is -0.469. The average Bonchev–Trinajstić information content (AvgIpc) is 2.78.